The normalized spacial score (nSPS) is 16.6. The monoisotopic (exact) mass is 349 g/mol. The van der Waals surface area contributed by atoms with Crippen LogP contribution in [0.15, 0.2) is 36.8 Å². The summed E-state index contributed by atoms with van der Waals surface area (Å²) in [7, 11) is -1.82. The summed E-state index contributed by atoms with van der Waals surface area (Å²) < 4.78 is 30.8. The molecule has 2 aromatic heterocycles. The van der Waals surface area contributed by atoms with Crippen LogP contribution in [0.25, 0.3) is 5.82 Å². The first-order valence-electron chi connectivity index (χ1n) is 8.24. The first kappa shape index (κ1) is 17.1. The Morgan fingerprint density at radius 3 is 2.79 bits per heavy atom. The van der Waals surface area contributed by atoms with Crippen molar-refractivity contribution in [1.82, 2.24) is 23.8 Å². The van der Waals surface area contributed by atoms with Gasteiger partial charge in [0, 0.05) is 38.2 Å². The second kappa shape index (κ2) is 7.42. The van der Waals surface area contributed by atoms with E-state index in [0.29, 0.717) is 5.82 Å². The van der Waals surface area contributed by atoms with Gasteiger partial charge in [-0.25, -0.2) is 9.67 Å². The summed E-state index contributed by atoms with van der Waals surface area (Å²) in [5.74, 6) is 0.664. The molecule has 0 amide bonds. The smallest absolute Gasteiger partial charge is 0.237 e. The Hall–Kier alpha value is -1.77. The molecule has 2 heterocycles. The molecule has 0 spiro atoms. The molecule has 0 atom stereocenters. The average molecular weight is 349 g/mol. The quantitative estimate of drug-likeness (QED) is 0.863. The first-order chi connectivity index (χ1) is 11.6. The summed E-state index contributed by atoms with van der Waals surface area (Å²) in [5.41, 5.74) is 0.844. The van der Waals surface area contributed by atoms with Crippen LogP contribution in [0.3, 0.4) is 0 Å². The van der Waals surface area contributed by atoms with Gasteiger partial charge in [-0.05, 0) is 36.6 Å². The van der Waals surface area contributed by atoms with Crippen molar-refractivity contribution in [3.05, 3.63) is 42.4 Å². The summed E-state index contributed by atoms with van der Waals surface area (Å²) in [4.78, 5) is 4.25. The minimum Gasteiger partial charge on any atom is -0.237 e. The van der Waals surface area contributed by atoms with Gasteiger partial charge in [-0.15, -0.1) is 0 Å². The van der Waals surface area contributed by atoms with E-state index in [2.05, 4.69) is 14.8 Å². The molecule has 0 unspecified atom stereocenters. The van der Waals surface area contributed by atoms with E-state index < -0.39 is 10.2 Å². The van der Waals surface area contributed by atoms with Crippen molar-refractivity contribution in [2.24, 2.45) is 0 Å². The van der Waals surface area contributed by atoms with E-state index in [9.17, 15) is 8.42 Å². The highest BCUT2D eigenvalue weighted by Crippen LogP contribution is 2.23. The highest BCUT2D eigenvalue weighted by Gasteiger charge is 2.27. The van der Waals surface area contributed by atoms with E-state index in [1.807, 2.05) is 12.1 Å². The molecule has 1 saturated carbocycles. The summed E-state index contributed by atoms with van der Waals surface area (Å²) in [6, 6.07) is 5.55. The third kappa shape index (κ3) is 4.00. The lowest BCUT2D eigenvalue weighted by Gasteiger charge is -2.30. The van der Waals surface area contributed by atoms with Gasteiger partial charge in [0.1, 0.15) is 0 Å². The molecule has 0 saturated heterocycles. The van der Waals surface area contributed by atoms with Gasteiger partial charge in [-0.2, -0.15) is 22.5 Å². The lowest BCUT2D eigenvalue weighted by Crippen LogP contribution is -2.44. The first-order valence-corrected chi connectivity index (χ1v) is 9.68. The number of nitrogens with zero attached hydrogens (tertiary/aromatic N) is 4. The Morgan fingerprint density at radius 2 is 2.08 bits per heavy atom. The van der Waals surface area contributed by atoms with Crippen LogP contribution in [-0.2, 0) is 16.8 Å². The molecule has 0 bridgehead atoms. The van der Waals surface area contributed by atoms with Crippen LogP contribution in [0, 0.1) is 0 Å². The highest BCUT2D eigenvalue weighted by molar-refractivity contribution is 7.87. The van der Waals surface area contributed by atoms with Crippen LogP contribution >= 0.6 is 0 Å². The fraction of sp³-hybridized carbons (Fsp3) is 0.500. The molecule has 1 aliphatic carbocycles. The van der Waals surface area contributed by atoms with Crippen molar-refractivity contribution in [3.63, 3.8) is 0 Å². The van der Waals surface area contributed by atoms with E-state index >= 15 is 0 Å². The van der Waals surface area contributed by atoms with Gasteiger partial charge in [-0.3, -0.25) is 0 Å². The topological polar surface area (TPSA) is 80.1 Å². The second-order valence-corrected chi connectivity index (χ2v) is 7.92. The van der Waals surface area contributed by atoms with Crippen molar-refractivity contribution >= 4 is 10.2 Å². The zero-order chi connectivity index (χ0) is 17.0. The van der Waals surface area contributed by atoms with Crippen LogP contribution in [0.1, 0.15) is 37.7 Å². The van der Waals surface area contributed by atoms with E-state index in [1.54, 1.807) is 36.4 Å². The molecule has 3 rings (SSSR count). The molecular weight excluding hydrogens is 326 g/mol. The third-order valence-corrected chi connectivity index (χ3v) is 6.04. The number of hydrogen-bond acceptors (Lipinski definition) is 4. The largest absolute Gasteiger partial charge is 0.279 e. The SMILES string of the molecule is CN(C1CCCCC1)S(=O)(=O)NCc1ccnc(-n2cccn2)c1. The minimum atomic E-state index is -3.48. The Morgan fingerprint density at radius 1 is 1.29 bits per heavy atom. The predicted octanol–water partition coefficient (Wildman–Crippen LogP) is 1.87. The van der Waals surface area contributed by atoms with Gasteiger partial charge < -0.3 is 0 Å². The lowest BCUT2D eigenvalue weighted by atomic mass is 9.96. The zero-order valence-corrected chi connectivity index (χ0v) is 14.6. The molecule has 0 radical (unpaired) electrons. The molecule has 1 aliphatic rings. The fourth-order valence-corrected chi connectivity index (χ4v) is 4.17. The van der Waals surface area contributed by atoms with Gasteiger partial charge >= 0.3 is 0 Å². The van der Waals surface area contributed by atoms with Crippen molar-refractivity contribution in [3.8, 4) is 5.82 Å². The van der Waals surface area contributed by atoms with Crippen LogP contribution in [0.2, 0.25) is 0 Å². The standard InChI is InChI=1S/C16H23N5O2S/c1-20(15-6-3-2-4-7-15)24(22,23)19-13-14-8-10-17-16(12-14)21-11-5-9-18-21/h5,8-12,15,19H,2-4,6-7,13H2,1H3. The Bertz CT molecular complexity index is 755. The van der Waals surface area contributed by atoms with E-state index in [4.69, 9.17) is 0 Å². The molecule has 7 nitrogen and oxygen atoms in total. The Balaban J connectivity index is 1.65. The number of nitrogens with one attached hydrogen (secondary N) is 1. The molecule has 130 valence electrons. The molecule has 8 heteroatoms. The van der Waals surface area contributed by atoms with Crippen LogP contribution in [0.4, 0.5) is 0 Å². The summed E-state index contributed by atoms with van der Waals surface area (Å²) >= 11 is 0. The molecular formula is C16H23N5O2S. The summed E-state index contributed by atoms with van der Waals surface area (Å²) in [6.07, 6.45) is 10.4. The fourth-order valence-electron chi connectivity index (χ4n) is 3.02. The minimum absolute atomic E-state index is 0.105. The maximum absolute atomic E-state index is 12.5. The number of rotatable bonds is 6. The summed E-state index contributed by atoms with van der Waals surface area (Å²) in [6.45, 7) is 0.232. The van der Waals surface area contributed by atoms with Crippen molar-refractivity contribution in [1.29, 1.82) is 0 Å². The van der Waals surface area contributed by atoms with Crippen LogP contribution in [0.5, 0.6) is 0 Å². The van der Waals surface area contributed by atoms with Gasteiger partial charge in [0.2, 0.25) is 0 Å². The van der Waals surface area contributed by atoms with Crippen LogP contribution < -0.4 is 4.72 Å². The van der Waals surface area contributed by atoms with Crippen molar-refractivity contribution in [2.75, 3.05) is 7.05 Å². The third-order valence-electron chi connectivity index (χ3n) is 4.48. The van der Waals surface area contributed by atoms with E-state index in [-0.39, 0.29) is 12.6 Å². The predicted molar refractivity (Wildman–Crippen MR) is 91.8 cm³/mol. The molecule has 1 fully saturated rings. The Labute approximate surface area is 142 Å². The second-order valence-electron chi connectivity index (χ2n) is 6.11. The number of hydrogen-bond donors (Lipinski definition) is 1. The number of aromatic nitrogens is 3. The molecule has 0 aliphatic heterocycles. The zero-order valence-electron chi connectivity index (χ0n) is 13.8. The van der Waals surface area contributed by atoms with Crippen molar-refractivity contribution < 1.29 is 8.42 Å². The van der Waals surface area contributed by atoms with Gasteiger partial charge in [0.05, 0.1) is 0 Å². The molecule has 2 aromatic rings. The molecule has 24 heavy (non-hydrogen) atoms. The van der Waals surface area contributed by atoms with Crippen molar-refractivity contribution in [2.45, 2.75) is 44.7 Å². The average Bonchev–Trinajstić information content (AvgIpc) is 3.15. The van der Waals surface area contributed by atoms with Gasteiger partial charge in [0.15, 0.2) is 5.82 Å². The van der Waals surface area contributed by atoms with Gasteiger partial charge in [-0.1, -0.05) is 19.3 Å². The van der Waals surface area contributed by atoms with Crippen LogP contribution in [-0.4, -0.2) is 40.6 Å². The highest BCUT2D eigenvalue weighted by atomic mass is 32.2. The Kier molecular flexibility index (Phi) is 5.27. The summed E-state index contributed by atoms with van der Waals surface area (Å²) in [5, 5.41) is 4.13. The number of pyridine rings is 1. The molecule has 1 N–H and O–H groups in total. The van der Waals surface area contributed by atoms with E-state index in [0.717, 1.165) is 31.2 Å². The molecule has 0 aromatic carbocycles. The maximum Gasteiger partial charge on any atom is 0.279 e. The lowest BCUT2D eigenvalue weighted by molar-refractivity contribution is 0.283. The van der Waals surface area contributed by atoms with E-state index in [1.165, 1.54) is 10.7 Å². The van der Waals surface area contributed by atoms with Gasteiger partial charge in [0.25, 0.3) is 10.2 Å². The maximum atomic E-state index is 12.5.